The molecule has 2 rings (SSSR count). The third-order valence-electron chi connectivity index (χ3n) is 3.25. The number of benzene rings is 2. The summed E-state index contributed by atoms with van der Waals surface area (Å²) in [7, 11) is 0. The summed E-state index contributed by atoms with van der Waals surface area (Å²) in [6.07, 6.45) is 3.66. The van der Waals surface area contributed by atoms with Gasteiger partial charge in [0.15, 0.2) is 6.61 Å². The minimum atomic E-state index is -0.715. The van der Waals surface area contributed by atoms with E-state index in [9.17, 15) is 14.0 Å². The maximum Gasteiger partial charge on any atom is 0.419 e. The van der Waals surface area contributed by atoms with Gasteiger partial charge in [0.1, 0.15) is 11.6 Å². The molecule has 0 aliphatic carbocycles. The Balaban J connectivity index is 2.06. The molecule has 2 aromatic carbocycles. The van der Waals surface area contributed by atoms with Gasteiger partial charge in [-0.15, -0.1) is 6.42 Å². The topological polar surface area (TPSA) is 67.9 Å². The number of carbonyl (C=O) groups is 2. The van der Waals surface area contributed by atoms with Crippen LogP contribution in [0, 0.1) is 18.2 Å². The average Bonchev–Trinajstić information content (AvgIpc) is 2.62. The number of terminal acetylenes is 1. The van der Waals surface area contributed by atoms with Gasteiger partial charge in [-0.2, -0.15) is 0 Å². The highest BCUT2D eigenvalue weighted by Gasteiger charge is 2.16. The van der Waals surface area contributed by atoms with Crippen LogP contribution in [0.5, 0.6) is 5.75 Å². The fourth-order valence-electron chi connectivity index (χ4n) is 2.09. The van der Waals surface area contributed by atoms with Gasteiger partial charge in [-0.3, -0.25) is 10.2 Å². The molecule has 0 unspecified atom stereocenters. The molecular weight excluding hydrogens is 339 g/mol. The summed E-state index contributed by atoms with van der Waals surface area (Å²) in [6, 6.07) is 11.7. The van der Waals surface area contributed by atoms with Crippen molar-refractivity contribution in [2.24, 2.45) is 0 Å². The first kappa shape index (κ1) is 18.8. The monoisotopic (exact) mass is 356 g/mol. The van der Waals surface area contributed by atoms with Crippen LogP contribution >= 0.6 is 0 Å². The first-order valence-corrected chi connectivity index (χ1v) is 7.75. The van der Waals surface area contributed by atoms with Crippen molar-refractivity contribution in [3.05, 3.63) is 54.3 Å². The van der Waals surface area contributed by atoms with E-state index in [1.165, 1.54) is 35.2 Å². The Morgan fingerprint density at radius 3 is 2.62 bits per heavy atom. The first-order chi connectivity index (χ1) is 12.5. The maximum atomic E-state index is 13.0. The lowest BCUT2D eigenvalue weighted by Gasteiger charge is -2.20. The Hall–Kier alpha value is -3.53. The summed E-state index contributed by atoms with van der Waals surface area (Å²) >= 11 is 0. The number of ether oxygens (including phenoxy) is 2. The third kappa shape index (κ3) is 5.24. The first-order valence-electron chi connectivity index (χ1n) is 7.75. The van der Waals surface area contributed by atoms with Crippen LogP contribution in [0.15, 0.2) is 48.5 Å². The van der Waals surface area contributed by atoms with Gasteiger partial charge in [-0.25, -0.2) is 14.0 Å². The molecule has 2 amide bonds. The van der Waals surface area contributed by atoms with E-state index in [0.717, 1.165) is 0 Å². The van der Waals surface area contributed by atoms with Gasteiger partial charge in [0, 0.05) is 24.0 Å². The molecule has 0 aliphatic rings. The van der Waals surface area contributed by atoms with Crippen LogP contribution in [0.1, 0.15) is 6.92 Å². The summed E-state index contributed by atoms with van der Waals surface area (Å²) in [6.45, 7) is 1.95. The molecule has 6 nitrogen and oxygen atoms in total. The lowest BCUT2D eigenvalue weighted by molar-refractivity contribution is 0.176. The maximum absolute atomic E-state index is 13.0. The highest BCUT2D eigenvalue weighted by molar-refractivity contribution is 5.89. The molecule has 26 heavy (non-hydrogen) atoms. The molecular formula is C19H17FN2O4. The molecule has 0 atom stereocenters. The van der Waals surface area contributed by atoms with E-state index >= 15 is 0 Å². The molecule has 7 heteroatoms. The molecule has 0 spiro atoms. The predicted molar refractivity (Wildman–Crippen MR) is 95.7 cm³/mol. The van der Waals surface area contributed by atoms with Crippen molar-refractivity contribution in [2.45, 2.75) is 6.92 Å². The number of hydrogen-bond acceptors (Lipinski definition) is 4. The number of amides is 2. The van der Waals surface area contributed by atoms with E-state index in [1.54, 1.807) is 25.1 Å². The van der Waals surface area contributed by atoms with Crippen molar-refractivity contribution >= 4 is 23.6 Å². The van der Waals surface area contributed by atoms with Gasteiger partial charge in [0.25, 0.3) is 0 Å². The number of carbonyl (C=O) groups excluding carboxylic acids is 2. The summed E-state index contributed by atoms with van der Waals surface area (Å²) in [5.74, 6) is 2.01. The number of nitrogens with one attached hydrogen (secondary N) is 1. The van der Waals surface area contributed by atoms with Crippen molar-refractivity contribution in [1.82, 2.24) is 0 Å². The van der Waals surface area contributed by atoms with Crippen molar-refractivity contribution in [3.63, 3.8) is 0 Å². The van der Waals surface area contributed by atoms with E-state index < -0.39 is 18.0 Å². The molecule has 0 aromatic heterocycles. The molecule has 2 aromatic rings. The van der Waals surface area contributed by atoms with Crippen LogP contribution in [0.3, 0.4) is 0 Å². The van der Waals surface area contributed by atoms with E-state index in [-0.39, 0.29) is 12.4 Å². The fraction of sp³-hybridized carbons (Fsp3) is 0.158. The lowest BCUT2D eigenvalue weighted by Crippen LogP contribution is -2.33. The summed E-state index contributed by atoms with van der Waals surface area (Å²) in [5, 5.41) is 2.47. The highest BCUT2D eigenvalue weighted by atomic mass is 19.1. The quantitative estimate of drug-likeness (QED) is 0.821. The average molecular weight is 356 g/mol. The van der Waals surface area contributed by atoms with Gasteiger partial charge in [0.05, 0.1) is 0 Å². The molecule has 1 N–H and O–H groups in total. The molecule has 0 radical (unpaired) electrons. The van der Waals surface area contributed by atoms with E-state index in [0.29, 0.717) is 17.9 Å². The number of halogens is 1. The molecule has 0 heterocycles. The van der Waals surface area contributed by atoms with Crippen LogP contribution in [0.25, 0.3) is 0 Å². The molecule has 134 valence electrons. The summed E-state index contributed by atoms with van der Waals surface area (Å²) < 4.78 is 23.1. The smallest absolute Gasteiger partial charge is 0.419 e. The second-order valence-corrected chi connectivity index (χ2v) is 5.02. The normalized spacial score (nSPS) is 9.73. The van der Waals surface area contributed by atoms with Crippen molar-refractivity contribution in [3.8, 4) is 18.1 Å². The summed E-state index contributed by atoms with van der Waals surface area (Å²) in [5.41, 5.74) is 0.883. The largest absolute Gasteiger partial charge is 0.436 e. The number of nitrogens with zero attached hydrogens (tertiary/aromatic N) is 1. The minimum absolute atomic E-state index is 0.149. The zero-order valence-corrected chi connectivity index (χ0v) is 14.1. The van der Waals surface area contributed by atoms with Gasteiger partial charge < -0.3 is 9.47 Å². The Labute approximate surface area is 150 Å². The van der Waals surface area contributed by atoms with Crippen molar-refractivity contribution in [1.29, 1.82) is 0 Å². The van der Waals surface area contributed by atoms with Crippen LogP contribution < -0.4 is 15.0 Å². The van der Waals surface area contributed by atoms with Crippen molar-refractivity contribution in [2.75, 3.05) is 23.4 Å². The Kier molecular flexibility index (Phi) is 6.57. The Bertz CT molecular complexity index is 815. The van der Waals surface area contributed by atoms with E-state index in [1.807, 2.05) is 0 Å². The van der Waals surface area contributed by atoms with Crippen LogP contribution in [-0.2, 0) is 4.74 Å². The van der Waals surface area contributed by atoms with Gasteiger partial charge in [-0.05, 0) is 43.3 Å². The summed E-state index contributed by atoms with van der Waals surface area (Å²) in [4.78, 5) is 25.2. The second-order valence-electron chi connectivity index (χ2n) is 5.02. The highest BCUT2D eigenvalue weighted by Crippen LogP contribution is 2.21. The zero-order chi connectivity index (χ0) is 18.9. The van der Waals surface area contributed by atoms with Crippen LogP contribution in [-0.4, -0.2) is 25.3 Å². The molecule has 0 aliphatic heterocycles. The third-order valence-corrected chi connectivity index (χ3v) is 3.25. The second kappa shape index (κ2) is 9.08. The number of rotatable bonds is 5. The van der Waals surface area contributed by atoms with E-state index in [4.69, 9.17) is 15.9 Å². The fourth-order valence-corrected chi connectivity index (χ4v) is 2.09. The predicted octanol–water partition coefficient (Wildman–Crippen LogP) is 4.03. The molecule has 0 bridgehead atoms. The number of anilines is 2. The van der Waals surface area contributed by atoms with Crippen LogP contribution in [0.2, 0.25) is 0 Å². The van der Waals surface area contributed by atoms with Gasteiger partial charge >= 0.3 is 12.2 Å². The minimum Gasteiger partial charge on any atom is -0.436 e. The Morgan fingerprint density at radius 1 is 1.23 bits per heavy atom. The van der Waals surface area contributed by atoms with Crippen molar-refractivity contribution < 1.29 is 23.5 Å². The number of hydrogen-bond donors (Lipinski definition) is 1. The standard InChI is InChI=1S/C19H17FN2O4/c1-3-12-25-18(23)21-15-6-5-7-17(13-15)26-19(24)22(4-2)16-10-8-14(20)9-11-16/h1,5-11,13H,4,12H2,2H3,(H,21,23). The SMILES string of the molecule is C#CCOC(=O)Nc1cccc(OC(=O)N(CC)c2ccc(F)cc2)c1. The van der Waals surface area contributed by atoms with Gasteiger partial charge in [0.2, 0.25) is 0 Å². The lowest BCUT2D eigenvalue weighted by atomic mass is 10.3. The van der Waals surface area contributed by atoms with Gasteiger partial charge in [-0.1, -0.05) is 12.0 Å². The molecule has 0 fully saturated rings. The van der Waals surface area contributed by atoms with E-state index in [2.05, 4.69) is 11.2 Å². The molecule has 0 saturated carbocycles. The Morgan fingerprint density at radius 2 is 1.96 bits per heavy atom. The zero-order valence-electron chi connectivity index (χ0n) is 14.1. The molecule has 0 saturated heterocycles. The van der Waals surface area contributed by atoms with Crippen LogP contribution in [0.4, 0.5) is 25.4 Å².